The molecule has 0 saturated heterocycles. The highest BCUT2D eigenvalue weighted by molar-refractivity contribution is 5.83. The maximum absolute atomic E-state index is 12.8. The lowest BCUT2D eigenvalue weighted by Gasteiger charge is -2.18. The molecule has 0 aromatic heterocycles. The van der Waals surface area contributed by atoms with Gasteiger partial charge < -0.3 is 20.9 Å². The number of esters is 1. The molecule has 0 spiro atoms. The van der Waals surface area contributed by atoms with E-state index in [0.717, 1.165) is 83.5 Å². The third-order valence-corrected chi connectivity index (χ3v) is 10.5. The summed E-state index contributed by atoms with van der Waals surface area (Å²) in [6.07, 6.45) is 50.5. The average Bonchev–Trinajstić information content (AvgIpc) is 3.17. The third kappa shape index (κ3) is 39.6. The van der Waals surface area contributed by atoms with E-state index in [4.69, 9.17) is 10.5 Å². The molecule has 7 heteroatoms. The predicted molar refractivity (Wildman–Crippen MR) is 234 cm³/mol. The number of hydrogen-bond acceptors (Lipinski definition) is 5. The Balaban J connectivity index is 4.30. The zero-order valence-electron chi connectivity index (χ0n) is 36.0. The first kappa shape index (κ1) is 52.6. The number of carboxylic acids is 1. The van der Waals surface area contributed by atoms with Crippen LogP contribution in [-0.4, -0.2) is 41.6 Å². The molecular weight excluding hydrogens is 685 g/mol. The number of aliphatic carboxylic acids is 1. The fourth-order valence-corrected chi connectivity index (χ4v) is 7.00. The third-order valence-electron chi connectivity index (χ3n) is 10.5. The Hall–Kier alpha value is -2.41. The molecule has 55 heavy (non-hydrogen) atoms. The van der Waals surface area contributed by atoms with Gasteiger partial charge in [-0.25, -0.2) is 4.79 Å². The van der Waals surface area contributed by atoms with Crippen molar-refractivity contribution in [3.63, 3.8) is 0 Å². The van der Waals surface area contributed by atoms with E-state index in [0.29, 0.717) is 32.2 Å². The molecule has 0 rings (SSSR count). The highest BCUT2D eigenvalue weighted by atomic mass is 16.5. The molecule has 0 saturated carbocycles. The van der Waals surface area contributed by atoms with Crippen LogP contribution in [0.25, 0.3) is 0 Å². The SMILES string of the molecule is CC/C=C\C/C=C\C/C=C\CCCCCCCCCC(=O)OC(CCCCCCCCCCCCCC)CCCCCCCC(=O)NC(CCCN)C(=O)O. The summed E-state index contributed by atoms with van der Waals surface area (Å²) in [5.74, 6) is -1.23. The van der Waals surface area contributed by atoms with Gasteiger partial charge in [0.25, 0.3) is 0 Å². The van der Waals surface area contributed by atoms with Crippen LogP contribution in [0.15, 0.2) is 36.5 Å². The Kier molecular flexibility index (Phi) is 40.9. The minimum absolute atomic E-state index is 0.0101. The lowest BCUT2D eigenvalue weighted by Crippen LogP contribution is -2.40. The van der Waals surface area contributed by atoms with Gasteiger partial charge in [-0.2, -0.15) is 0 Å². The molecule has 4 N–H and O–H groups in total. The highest BCUT2D eigenvalue weighted by Crippen LogP contribution is 2.19. The lowest BCUT2D eigenvalue weighted by atomic mass is 10.0. The molecule has 0 aromatic carbocycles. The number of unbranched alkanes of at least 4 members (excludes halogenated alkanes) is 22. The van der Waals surface area contributed by atoms with Crippen molar-refractivity contribution >= 4 is 17.8 Å². The number of carbonyl (C=O) groups excluding carboxylic acids is 2. The second-order valence-corrected chi connectivity index (χ2v) is 15.8. The summed E-state index contributed by atoms with van der Waals surface area (Å²) in [4.78, 5) is 36.4. The van der Waals surface area contributed by atoms with Crippen molar-refractivity contribution in [3.8, 4) is 0 Å². The van der Waals surface area contributed by atoms with Gasteiger partial charge in [0.05, 0.1) is 0 Å². The van der Waals surface area contributed by atoms with E-state index in [1.807, 2.05) is 0 Å². The summed E-state index contributed by atoms with van der Waals surface area (Å²) in [7, 11) is 0. The molecule has 0 fully saturated rings. The van der Waals surface area contributed by atoms with Crippen LogP contribution in [0, 0.1) is 0 Å². The van der Waals surface area contributed by atoms with E-state index < -0.39 is 12.0 Å². The maximum atomic E-state index is 12.8. The van der Waals surface area contributed by atoms with Gasteiger partial charge in [0.1, 0.15) is 12.1 Å². The Labute approximate surface area is 339 Å². The number of nitrogens with one attached hydrogen (secondary N) is 1. The number of carbonyl (C=O) groups is 3. The second kappa shape index (κ2) is 42.7. The average molecular weight is 773 g/mol. The topological polar surface area (TPSA) is 119 Å². The predicted octanol–water partition coefficient (Wildman–Crippen LogP) is 13.4. The molecule has 0 aliphatic heterocycles. The number of rotatable bonds is 42. The maximum Gasteiger partial charge on any atom is 0.326 e. The van der Waals surface area contributed by atoms with Gasteiger partial charge in [-0.05, 0) is 90.0 Å². The van der Waals surface area contributed by atoms with Crippen LogP contribution >= 0.6 is 0 Å². The van der Waals surface area contributed by atoms with Crippen molar-refractivity contribution in [1.82, 2.24) is 5.32 Å². The Morgan fingerprint density at radius 1 is 0.545 bits per heavy atom. The number of carboxylic acid groups (broad SMARTS) is 1. The Bertz CT molecular complexity index is 962. The lowest BCUT2D eigenvalue weighted by molar-refractivity contribution is -0.150. The minimum atomic E-state index is -1.00. The molecule has 0 radical (unpaired) electrons. The summed E-state index contributed by atoms with van der Waals surface area (Å²) in [5, 5.41) is 12.0. The molecule has 2 atom stereocenters. The van der Waals surface area contributed by atoms with E-state index in [-0.39, 0.29) is 18.0 Å². The highest BCUT2D eigenvalue weighted by Gasteiger charge is 2.19. The molecule has 0 bridgehead atoms. The summed E-state index contributed by atoms with van der Waals surface area (Å²) in [5.41, 5.74) is 5.49. The largest absolute Gasteiger partial charge is 0.480 e. The summed E-state index contributed by atoms with van der Waals surface area (Å²) >= 11 is 0. The molecule has 0 aliphatic carbocycles. The van der Waals surface area contributed by atoms with Crippen LogP contribution in [-0.2, 0) is 19.1 Å². The summed E-state index contributed by atoms with van der Waals surface area (Å²) in [6.45, 7) is 4.85. The van der Waals surface area contributed by atoms with Crippen LogP contribution in [0.4, 0.5) is 0 Å². The first-order chi connectivity index (χ1) is 26.9. The molecular formula is C48H88N2O5. The van der Waals surface area contributed by atoms with E-state index in [2.05, 4.69) is 55.6 Å². The quantitative estimate of drug-likeness (QED) is 0.0323. The molecule has 1 amide bonds. The van der Waals surface area contributed by atoms with E-state index in [9.17, 15) is 19.5 Å². The number of allylic oxidation sites excluding steroid dienone is 6. The first-order valence-electron chi connectivity index (χ1n) is 23.3. The number of ether oxygens (including phenoxy) is 1. The molecule has 320 valence electrons. The van der Waals surface area contributed by atoms with Gasteiger partial charge >= 0.3 is 11.9 Å². The molecule has 7 nitrogen and oxygen atoms in total. The minimum Gasteiger partial charge on any atom is -0.480 e. The normalized spacial score (nSPS) is 12.9. The van der Waals surface area contributed by atoms with Crippen LogP contribution in [0.5, 0.6) is 0 Å². The van der Waals surface area contributed by atoms with Crippen molar-refractivity contribution in [2.24, 2.45) is 5.73 Å². The Morgan fingerprint density at radius 3 is 1.51 bits per heavy atom. The fourth-order valence-electron chi connectivity index (χ4n) is 7.00. The monoisotopic (exact) mass is 773 g/mol. The molecule has 0 aromatic rings. The van der Waals surface area contributed by atoms with Crippen molar-refractivity contribution < 1.29 is 24.2 Å². The Morgan fingerprint density at radius 2 is 1.00 bits per heavy atom. The second-order valence-electron chi connectivity index (χ2n) is 15.8. The smallest absolute Gasteiger partial charge is 0.326 e. The number of hydrogen-bond donors (Lipinski definition) is 3. The zero-order valence-corrected chi connectivity index (χ0v) is 36.0. The van der Waals surface area contributed by atoms with Crippen molar-refractivity contribution in [2.45, 2.75) is 244 Å². The van der Waals surface area contributed by atoms with Crippen LogP contribution in [0.1, 0.15) is 232 Å². The standard InChI is InChI=1S/C48H88N2O5/c1-3-5-7-9-11-13-15-17-18-19-20-21-23-25-27-32-36-42-47(52)55-44(38-33-29-26-24-22-16-14-12-10-8-6-4-2)39-34-30-28-31-35-41-46(51)50-45(48(53)54)40-37-43-49/h5,7,11,13,17-18,44-45H,3-4,6,8-10,12,14-16,19-43,49H2,1-2H3,(H,50,51)(H,53,54)/b7-5-,13-11-,18-17-. The van der Waals surface area contributed by atoms with Crippen molar-refractivity contribution in [2.75, 3.05) is 6.54 Å². The first-order valence-corrected chi connectivity index (χ1v) is 23.3. The number of amides is 1. The van der Waals surface area contributed by atoms with Crippen LogP contribution in [0.3, 0.4) is 0 Å². The summed E-state index contributed by atoms with van der Waals surface area (Å²) < 4.78 is 6.06. The van der Waals surface area contributed by atoms with Crippen LogP contribution in [0.2, 0.25) is 0 Å². The molecule has 2 unspecified atom stereocenters. The van der Waals surface area contributed by atoms with Gasteiger partial charge in [-0.3, -0.25) is 9.59 Å². The van der Waals surface area contributed by atoms with E-state index in [1.165, 1.54) is 109 Å². The summed E-state index contributed by atoms with van der Waals surface area (Å²) in [6, 6.07) is -0.856. The molecule has 0 aliphatic rings. The van der Waals surface area contributed by atoms with Gasteiger partial charge in [0.2, 0.25) is 5.91 Å². The van der Waals surface area contributed by atoms with E-state index in [1.54, 1.807) is 0 Å². The van der Waals surface area contributed by atoms with Gasteiger partial charge in [-0.1, -0.05) is 172 Å². The molecule has 0 heterocycles. The zero-order chi connectivity index (χ0) is 40.3. The van der Waals surface area contributed by atoms with E-state index >= 15 is 0 Å². The van der Waals surface area contributed by atoms with Crippen molar-refractivity contribution in [1.29, 1.82) is 0 Å². The fraction of sp³-hybridized carbons (Fsp3) is 0.812. The van der Waals surface area contributed by atoms with Gasteiger partial charge in [0, 0.05) is 12.8 Å². The van der Waals surface area contributed by atoms with Crippen LogP contribution < -0.4 is 11.1 Å². The van der Waals surface area contributed by atoms with Crippen molar-refractivity contribution in [3.05, 3.63) is 36.5 Å². The van der Waals surface area contributed by atoms with Gasteiger partial charge in [-0.15, -0.1) is 0 Å². The van der Waals surface area contributed by atoms with Gasteiger partial charge in [0.15, 0.2) is 0 Å². The number of nitrogens with two attached hydrogens (primary N) is 1.